The molecule has 0 saturated carbocycles. The molecule has 5 nitrogen and oxygen atoms in total. The van der Waals surface area contributed by atoms with Gasteiger partial charge >= 0.3 is 0 Å². The van der Waals surface area contributed by atoms with Crippen molar-refractivity contribution in [3.8, 4) is 0 Å². The first-order valence-corrected chi connectivity index (χ1v) is 7.77. The smallest absolute Gasteiger partial charge is 0.246 e. The van der Waals surface area contributed by atoms with Gasteiger partial charge in [0.15, 0.2) is 0 Å². The predicted octanol–water partition coefficient (Wildman–Crippen LogP) is 1.32. The molecule has 0 aromatic rings. The largest absolute Gasteiger partial charge is 0.376 e. The van der Waals surface area contributed by atoms with Gasteiger partial charge in [-0.2, -0.15) is 0 Å². The van der Waals surface area contributed by atoms with Crippen molar-refractivity contribution < 1.29 is 14.3 Å². The van der Waals surface area contributed by atoms with Crippen LogP contribution >= 0.6 is 0 Å². The summed E-state index contributed by atoms with van der Waals surface area (Å²) in [6.45, 7) is 7.15. The Bertz CT molecular complexity index is 366. The second-order valence-corrected chi connectivity index (χ2v) is 6.03. The molecule has 2 heterocycles. The summed E-state index contributed by atoms with van der Waals surface area (Å²) < 4.78 is 5.71. The monoisotopic (exact) mass is 282 g/mol. The summed E-state index contributed by atoms with van der Waals surface area (Å²) in [4.78, 5) is 26.4. The highest BCUT2D eigenvalue weighted by Crippen LogP contribution is 2.21. The Kier molecular flexibility index (Phi) is 5.02. The lowest BCUT2D eigenvalue weighted by atomic mass is 9.94. The molecule has 2 saturated heterocycles. The molecule has 4 unspecified atom stereocenters. The lowest BCUT2D eigenvalue weighted by Gasteiger charge is -2.41. The summed E-state index contributed by atoms with van der Waals surface area (Å²) in [5.74, 6) is 0.153. The highest BCUT2D eigenvalue weighted by Gasteiger charge is 2.40. The summed E-state index contributed by atoms with van der Waals surface area (Å²) >= 11 is 0. The number of hydrogen-bond donors (Lipinski definition) is 1. The lowest BCUT2D eigenvalue weighted by Crippen LogP contribution is -2.65. The normalized spacial score (nSPS) is 33.0. The molecule has 1 N–H and O–H groups in total. The zero-order chi connectivity index (χ0) is 14.7. The molecular formula is C15H26N2O3. The van der Waals surface area contributed by atoms with Crippen LogP contribution in [-0.4, -0.2) is 48.1 Å². The summed E-state index contributed by atoms with van der Waals surface area (Å²) in [5, 5.41) is 2.86. The molecule has 0 aliphatic carbocycles. The number of piperazine rings is 1. The van der Waals surface area contributed by atoms with Crippen molar-refractivity contribution in [1.82, 2.24) is 10.2 Å². The van der Waals surface area contributed by atoms with Crippen molar-refractivity contribution in [2.75, 3.05) is 13.2 Å². The van der Waals surface area contributed by atoms with Crippen LogP contribution in [0, 0.1) is 5.92 Å². The van der Waals surface area contributed by atoms with E-state index in [2.05, 4.69) is 5.32 Å². The van der Waals surface area contributed by atoms with Gasteiger partial charge in [0, 0.05) is 13.2 Å². The molecule has 0 spiro atoms. The van der Waals surface area contributed by atoms with E-state index in [1.807, 2.05) is 13.8 Å². The summed E-state index contributed by atoms with van der Waals surface area (Å²) in [6, 6.07) is -0.777. The van der Waals surface area contributed by atoms with Gasteiger partial charge in [-0.1, -0.05) is 20.3 Å². The Morgan fingerprint density at radius 2 is 2.15 bits per heavy atom. The van der Waals surface area contributed by atoms with Crippen LogP contribution in [0.25, 0.3) is 0 Å². The van der Waals surface area contributed by atoms with Crippen molar-refractivity contribution in [1.29, 1.82) is 0 Å². The minimum atomic E-state index is -0.395. The molecule has 0 bridgehead atoms. The SMILES string of the molecule is CCC(C)C1NC(=O)C(C)N(CC2CCCCO2)C1=O. The maximum atomic E-state index is 12.6. The van der Waals surface area contributed by atoms with Crippen molar-refractivity contribution in [3.63, 3.8) is 0 Å². The molecule has 2 amide bonds. The van der Waals surface area contributed by atoms with Crippen LogP contribution in [0.15, 0.2) is 0 Å². The Morgan fingerprint density at radius 1 is 1.40 bits per heavy atom. The van der Waals surface area contributed by atoms with Crippen molar-refractivity contribution in [3.05, 3.63) is 0 Å². The average molecular weight is 282 g/mol. The zero-order valence-electron chi connectivity index (χ0n) is 12.7. The van der Waals surface area contributed by atoms with Gasteiger partial charge in [0.1, 0.15) is 12.1 Å². The third-order valence-electron chi connectivity index (χ3n) is 4.58. The maximum Gasteiger partial charge on any atom is 0.246 e. The van der Waals surface area contributed by atoms with Gasteiger partial charge in [-0.25, -0.2) is 0 Å². The van der Waals surface area contributed by atoms with E-state index < -0.39 is 6.04 Å². The van der Waals surface area contributed by atoms with E-state index in [1.54, 1.807) is 11.8 Å². The molecule has 0 aromatic heterocycles. The second-order valence-electron chi connectivity index (χ2n) is 6.03. The van der Waals surface area contributed by atoms with Crippen LogP contribution in [0.4, 0.5) is 0 Å². The van der Waals surface area contributed by atoms with E-state index in [1.165, 1.54) is 0 Å². The molecule has 2 rings (SSSR count). The van der Waals surface area contributed by atoms with Crippen molar-refractivity contribution >= 4 is 11.8 Å². The van der Waals surface area contributed by atoms with Crippen molar-refractivity contribution in [2.45, 2.75) is 64.6 Å². The minimum absolute atomic E-state index is 0.0422. The van der Waals surface area contributed by atoms with Crippen LogP contribution in [0.1, 0.15) is 46.5 Å². The average Bonchev–Trinajstić information content (AvgIpc) is 2.47. The van der Waals surface area contributed by atoms with Crippen LogP contribution in [0.5, 0.6) is 0 Å². The Morgan fingerprint density at radius 3 is 2.75 bits per heavy atom. The number of nitrogens with one attached hydrogen (secondary N) is 1. The van der Waals surface area contributed by atoms with Gasteiger partial charge < -0.3 is 15.0 Å². The molecule has 2 aliphatic heterocycles. The number of carbonyl (C=O) groups is 2. The molecule has 0 radical (unpaired) electrons. The quantitative estimate of drug-likeness (QED) is 0.846. The second kappa shape index (κ2) is 6.57. The van der Waals surface area contributed by atoms with E-state index >= 15 is 0 Å². The number of nitrogens with zero attached hydrogens (tertiary/aromatic N) is 1. The highest BCUT2D eigenvalue weighted by atomic mass is 16.5. The molecule has 2 fully saturated rings. The van der Waals surface area contributed by atoms with Gasteiger partial charge in [0.05, 0.1) is 6.10 Å². The van der Waals surface area contributed by atoms with E-state index in [0.717, 1.165) is 32.3 Å². The van der Waals surface area contributed by atoms with Crippen LogP contribution in [0.3, 0.4) is 0 Å². The van der Waals surface area contributed by atoms with Gasteiger partial charge in [0.2, 0.25) is 11.8 Å². The van der Waals surface area contributed by atoms with E-state index in [0.29, 0.717) is 6.54 Å². The fraction of sp³-hybridized carbons (Fsp3) is 0.867. The maximum absolute atomic E-state index is 12.6. The van der Waals surface area contributed by atoms with E-state index in [9.17, 15) is 9.59 Å². The molecule has 20 heavy (non-hydrogen) atoms. The molecule has 2 aliphatic rings. The molecule has 4 atom stereocenters. The van der Waals surface area contributed by atoms with Gasteiger partial charge in [-0.3, -0.25) is 9.59 Å². The Hall–Kier alpha value is -1.10. The topological polar surface area (TPSA) is 58.6 Å². The summed E-state index contributed by atoms with van der Waals surface area (Å²) in [7, 11) is 0. The molecule has 0 aromatic carbocycles. The standard InChI is InChI=1S/C15H26N2O3/c1-4-10(2)13-15(19)17(11(3)14(18)16-13)9-12-7-5-6-8-20-12/h10-13H,4-9H2,1-3H3,(H,16,18). The van der Waals surface area contributed by atoms with Crippen LogP contribution < -0.4 is 5.32 Å². The molecule has 5 heteroatoms. The van der Waals surface area contributed by atoms with Gasteiger partial charge in [-0.05, 0) is 32.1 Å². The number of rotatable bonds is 4. The number of carbonyl (C=O) groups excluding carboxylic acids is 2. The fourth-order valence-electron chi connectivity index (χ4n) is 2.89. The molecular weight excluding hydrogens is 256 g/mol. The van der Waals surface area contributed by atoms with Crippen LogP contribution in [0.2, 0.25) is 0 Å². The summed E-state index contributed by atoms with van der Waals surface area (Å²) in [5.41, 5.74) is 0. The van der Waals surface area contributed by atoms with E-state index in [4.69, 9.17) is 4.74 Å². The predicted molar refractivity (Wildman–Crippen MR) is 76.2 cm³/mol. The first-order chi connectivity index (χ1) is 9.54. The minimum Gasteiger partial charge on any atom is -0.376 e. The third-order valence-corrected chi connectivity index (χ3v) is 4.58. The van der Waals surface area contributed by atoms with Crippen LogP contribution in [-0.2, 0) is 14.3 Å². The Labute approximate surface area is 121 Å². The fourth-order valence-corrected chi connectivity index (χ4v) is 2.89. The third kappa shape index (κ3) is 3.14. The summed E-state index contributed by atoms with van der Waals surface area (Å²) in [6.07, 6.45) is 4.17. The number of hydrogen-bond acceptors (Lipinski definition) is 3. The van der Waals surface area contributed by atoms with Gasteiger partial charge in [0.25, 0.3) is 0 Å². The first-order valence-electron chi connectivity index (χ1n) is 7.77. The zero-order valence-corrected chi connectivity index (χ0v) is 12.7. The van der Waals surface area contributed by atoms with E-state index in [-0.39, 0.29) is 29.9 Å². The highest BCUT2D eigenvalue weighted by molar-refractivity contribution is 5.96. The lowest BCUT2D eigenvalue weighted by molar-refractivity contribution is -0.152. The Balaban J connectivity index is 2.07. The first kappa shape index (κ1) is 15.3. The number of amides is 2. The molecule has 114 valence electrons. The van der Waals surface area contributed by atoms with Gasteiger partial charge in [-0.15, -0.1) is 0 Å². The van der Waals surface area contributed by atoms with Crippen molar-refractivity contribution in [2.24, 2.45) is 5.92 Å². The number of ether oxygens (including phenoxy) is 1.